The molecule has 1 aliphatic heterocycles. The van der Waals surface area contributed by atoms with E-state index in [1.807, 2.05) is 0 Å². The number of nitrogens with zero attached hydrogens (tertiary/aromatic N) is 1. The molecule has 1 unspecified atom stereocenters. The number of Topliss-reactive ketones (excluding diaryl/α,β-unsaturated/α-hetero) is 1. The molecule has 0 saturated carbocycles. The Bertz CT molecular complexity index is 113. The Hall–Kier alpha value is -0.410. The van der Waals surface area contributed by atoms with Gasteiger partial charge in [-0.2, -0.15) is 0 Å². The first-order valence-corrected chi connectivity index (χ1v) is 2.66. The van der Waals surface area contributed by atoms with Gasteiger partial charge in [0.05, 0.1) is 6.04 Å². The zero-order chi connectivity index (χ0) is 6.15. The monoisotopic (exact) mass is 114 g/mol. The van der Waals surface area contributed by atoms with Gasteiger partial charge in [-0.05, 0) is 19.9 Å². The van der Waals surface area contributed by atoms with Crippen LogP contribution in [0.3, 0.4) is 0 Å². The van der Waals surface area contributed by atoms with Gasteiger partial charge in [0.15, 0.2) is 0 Å². The molecule has 1 aliphatic rings. The van der Waals surface area contributed by atoms with Crippen molar-refractivity contribution in [3.05, 3.63) is 5.21 Å². The highest BCUT2D eigenvalue weighted by atomic mass is 16.5. The van der Waals surface area contributed by atoms with Crippen LogP contribution in [0.25, 0.3) is 0 Å². The smallest absolute Gasteiger partial charge is 0.146 e. The minimum Gasteiger partial charge on any atom is -0.785 e. The first-order valence-electron chi connectivity index (χ1n) is 2.66. The summed E-state index contributed by atoms with van der Waals surface area (Å²) in [5, 5.41) is 11.2. The Morgan fingerprint density at radius 3 is 2.50 bits per heavy atom. The second kappa shape index (κ2) is 1.84. The molecule has 1 heterocycles. The summed E-state index contributed by atoms with van der Waals surface area (Å²) in [5.41, 5.74) is 0. The maximum atomic E-state index is 10.4. The molecule has 1 atom stereocenters. The van der Waals surface area contributed by atoms with E-state index in [1.54, 1.807) is 0 Å². The van der Waals surface area contributed by atoms with E-state index in [9.17, 15) is 10.0 Å². The van der Waals surface area contributed by atoms with Crippen LogP contribution in [0.15, 0.2) is 0 Å². The van der Waals surface area contributed by atoms with Crippen molar-refractivity contribution in [1.29, 1.82) is 0 Å². The molecule has 0 radical (unpaired) electrons. The molecule has 0 spiro atoms. The fraction of sp³-hybridized carbons (Fsp3) is 0.800. The third kappa shape index (κ3) is 0.743. The van der Waals surface area contributed by atoms with Gasteiger partial charge in [0.2, 0.25) is 0 Å². The third-order valence-corrected chi connectivity index (χ3v) is 1.44. The average Bonchev–Trinajstić information content (AvgIpc) is 1.61. The van der Waals surface area contributed by atoms with Gasteiger partial charge in [-0.1, -0.05) is 0 Å². The van der Waals surface area contributed by atoms with Crippen molar-refractivity contribution in [2.24, 2.45) is 0 Å². The minimum absolute atomic E-state index is 0.00810. The van der Waals surface area contributed by atoms with Crippen molar-refractivity contribution in [2.45, 2.75) is 19.4 Å². The standard InChI is InChI=1S/C5H8NO2/c1-4(7)5-2-3-6(5)8/h5H,2-3H2,1H3/q-1. The maximum absolute atomic E-state index is 10.4. The van der Waals surface area contributed by atoms with Crippen LogP contribution in [0.5, 0.6) is 0 Å². The molecule has 0 N–H and O–H groups in total. The second-order valence-electron chi connectivity index (χ2n) is 2.06. The number of ketones is 1. The van der Waals surface area contributed by atoms with E-state index in [0.717, 1.165) is 11.5 Å². The van der Waals surface area contributed by atoms with Crippen LogP contribution in [0, 0.1) is 5.21 Å². The Kier molecular flexibility index (Phi) is 1.31. The molecule has 1 rings (SSSR count). The highest BCUT2D eigenvalue weighted by molar-refractivity contribution is 5.82. The molecule has 0 aliphatic carbocycles. The number of hydroxylamine groups is 2. The van der Waals surface area contributed by atoms with Gasteiger partial charge >= 0.3 is 0 Å². The predicted molar refractivity (Wildman–Crippen MR) is 29.2 cm³/mol. The van der Waals surface area contributed by atoms with Gasteiger partial charge < -0.3 is 10.3 Å². The zero-order valence-corrected chi connectivity index (χ0v) is 4.76. The van der Waals surface area contributed by atoms with Crippen molar-refractivity contribution in [3.63, 3.8) is 0 Å². The van der Waals surface area contributed by atoms with Gasteiger partial charge in [-0.25, -0.2) is 0 Å². The number of hydrogen-bond donors (Lipinski definition) is 0. The lowest BCUT2D eigenvalue weighted by molar-refractivity contribution is -0.124. The zero-order valence-electron chi connectivity index (χ0n) is 4.76. The van der Waals surface area contributed by atoms with Crippen LogP contribution in [0.4, 0.5) is 0 Å². The van der Waals surface area contributed by atoms with Crippen LogP contribution in [0.2, 0.25) is 0 Å². The van der Waals surface area contributed by atoms with Gasteiger partial charge in [0.1, 0.15) is 5.78 Å². The van der Waals surface area contributed by atoms with Crippen molar-refractivity contribution in [2.75, 3.05) is 6.54 Å². The SMILES string of the molecule is CC(=O)C1CCN1[O-]. The molecule has 0 bridgehead atoms. The molecule has 1 fully saturated rings. The molecule has 0 aromatic rings. The number of rotatable bonds is 1. The molecule has 0 aromatic carbocycles. The van der Waals surface area contributed by atoms with E-state index in [2.05, 4.69) is 0 Å². The summed E-state index contributed by atoms with van der Waals surface area (Å²) in [7, 11) is 0. The Morgan fingerprint density at radius 1 is 1.88 bits per heavy atom. The van der Waals surface area contributed by atoms with Crippen molar-refractivity contribution in [3.8, 4) is 0 Å². The Labute approximate surface area is 47.9 Å². The summed E-state index contributed by atoms with van der Waals surface area (Å²) in [6.45, 7) is 1.99. The van der Waals surface area contributed by atoms with E-state index in [0.29, 0.717) is 6.54 Å². The summed E-state index contributed by atoms with van der Waals surface area (Å²) < 4.78 is 0. The number of hydrogen-bond acceptors (Lipinski definition) is 3. The molecule has 3 nitrogen and oxygen atoms in total. The molecule has 3 heteroatoms. The summed E-state index contributed by atoms with van der Waals surface area (Å²) in [6, 6.07) is -0.310. The van der Waals surface area contributed by atoms with Crippen LogP contribution < -0.4 is 0 Å². The van der Waals surface area contributed by atoms with Gasteiger partial charge in [-0.15, -0.1) is 0 Å². The van der Waals surface area contributed by atoms with Crippen LogP contribution in [-0.4, -0.2) is 23.4 Å². The summed E-state index contributed by atoms with van der Waals surface area (Å²) in [6.07, 6.45) is 0.749. The van der Waals surface area contributed by atoms with Crippen molar-refractivity contribution >= 4 is 5.78 Å². The highest BCUT2D eigenvalue weighted by Crippen LogP contribution is 2.14. The van der Waals surface area contributed by atoms with Crippen molar-refractivity contribution in [1.82, 2.24) is 5.06 Å². The van der Waals surface area contributed by atoms with E-state index in [-0.39, 0.29) is 11.8 Å². The minimum atomic E-state index is -0.310. The van der Waals surface area contributed by atoms with Gasteiger partial charge in [0, 0.05) is 0 Å². The van der Waals surface area contributed by atoms with Gasteiger partial charge in [-0.3, -0.25) is 4.79 Å². The highest BCUT2D eigenvalue weighted by Gasteiger charge is 2.23. The van der Waals surface area contributed by atoms with E-state index < -0.39 is 0 Å². The van der Waals surface area contributed by atoms with E-state index >= 15 is 0 Å². The molecule has 8 heavy (non-hydrogen) atoms. The lowest BCUT2D eigenvalue weighted by Crippen LogP contribution is -2.47. The molecular weight excluding hydrogens is 106 g/mol. The fourth-order valence-electron chi connectivity index (χ4n) is 0.770. The maximum Gasteiger partial charge on any atom is 0.146 e. The van der Waals surface area contributed by atoms with Gasteiger partial charge in [0.25, 0.3) is 0 Å². The summed E-state index contributed by atoms with van der Waals surface area (Å²) in [4.78, 5) is 10.4. The van der Waals surface area contributed by atoms with E-state index in [1.165, 1.54) is 6.92 Å². The Morgan fingerprint density at radius 2 is 2.50 bits per heavy atom. The lowest BCUT2D eigenvalue weighted by Gasteiger charge is -2.44. The molecule has 46 valence electrons. The third-order valence-electron chi connectivity index (χ3n) is 1.44. The number of carbonyl (C=O) groups is 1. The number of carbonyl (C=O) groups excluding carboxylic acids is 1. The summed E-state index contributed by atoms with van der Waals surface area (Å²) >= 11 is 0. The molecular formula is C5H8NO2-. The lowest BCUT2D eigenvalue weighted by atomic mass is 10.0. The molecule has 1 saturated heterocycles. The average molecular weight is 114 g/mol. The first kappa shape index (κ1) is 5.72. The first-order chi connectivity index (χ1) is 3.72. The predicted octanol–water partition coefficient (Wildman–Crippen LogP) is 0.147. The van der Waals surface area contributed by atoms with Crippen LogP contribution in [0.1, 0.15) is 13.3 Å². The topological polar surface area (TPSA) is 43.4 Å². The Balaban J connectivity index is 2.37. The summed E-state index contributed by atoms with van der Waals surface area (Å²) in [5.74, 6) is -0.00810. The molecule has 0 amide bonds. The normalized spacial score (nSPS) is 29.5. The second-order valence-corrected chi connectivity index (χ2v) is 2.06. The van der Waals surface area contributed by atoms with Crippen LogP contribution >= 0.6 is 0 Å². The quantitative estimate of drug-likeness (QED) is 0.487. The van der Waals surface area contributed by atoms with Crippen LogP contribution in [-0.2, 0) is 4.79 Å². The largest absolute Gasteiger partial charge is 0.785 e. The van der Waals surface area contributed by atoms with Crippen molar-refractivity contribution < 1.29 is 4.79 Å². The fourth-order valence-corrected chi connectivity index (χ4v) is 0.770. The van der Waals surface area contributed by atoms with E-state index in [4.69, 9.17) is 0 Å². The molecule has 0 aromatic heterocycles.